The fourth-order valence-electron chi connectivity index (χ4n) is 1.62. The van der Waals surface area contributed by atoms with E-state index in [1.807, 2.05) is 0 Å². The van der Waals surface area contributed by atoms with Crippen LogP contribution in [0.1, 0.15) is 10.5 Å². The van der Waals surface area contributed by atoms with Gasteiger partial charge in [0.15, 0.2) is 17.7 Å². The van der Waals surface area contributed by atoms with Gasteiger partial charge in [-0.15, -0.1) is 0 Å². The van der Waals surface area contributed by atoms with E-state index in [2.05, 4.69) is 4.74 Å². The first-order valence-corrected chi connectivity index (χ1v) is 5.50. The summed E-state index contributed by atoms with van der Waals surface area (Å²) in [6, 6.07) is 1.30. The summed E-state index contributed by atoms with van der Waals surface area (Å²) in [5.74, 6) is -0.735. The third-order valence-electron chi connectivity index (χ3n) is 2.59. The van der Waals surface area contributed by atoms with Crippen LogP contribution < -0.4 is 10.2 Å². The normalized spacial score (nSPS) is 10.6. The van der Waals surface area contributed by atoms with Gasteiger partial charge in [-0.3, -0.25) is 4.79 Å². The fourth-order valence-corrected chi connectivity index (χ4v) is 1.62. The summed E-state index contributed by atoms with van der Waals surface area (Å²) in [7, 11) is 5.50. The van der Waals surface area contributed by atoms with E-state index in [0.29, 0.717) is 0 Å². The molecule has 1 rings (SSSR count). The molecule has 0 amide bonds. The summed E-state index contributed by atoms with van der Waals surface area (Å²) in [5.41, 5.74) is -0.373. The van der Waals surface area contributed by atoms with E-state index in [9.17, 15) is 9.59 Å². The molecule has 1 aromatic heterocycles. The first kappa shape index (κ1) is 15.2. The Bertz CT molecular complexity index is 491. The molecule has 0 aliphatic rings. The predicted octanol–water partition coefficient (Wildman–Crippen LogP) is 0.262. The molecule has 1 heterocycles. The van der Waals surface area contributed by atoms with Gasteiger partial charge < -0.3 is 23.5 Å². The van der Waals surface area contributed by atoms with Gasteiger partial charge in [-0.1, -0.05) is 0 Å². The predicted molar refractivity (Wildman–Crippen MR) is 66.4 cm³/mol. The standard InChI is InChI=1S/C12H17NO6/c1-16-9(17-2)7-13-6-5-8(14)11(18-3)10(13)12(15)19-4/h5-6,9H,7H2,1-4H3. The lowest BCUT2D eigenvalue weighted by Crippen LogP contribution is -2.27. The highest BCUT2D eigenvalue weighted by Crippen LogP contribution is 2.15. The van der Waals surface area contributed by atoms with E-state index in [4.69, 9.17) is 14.2 Å². The number of ether oxygens (including phenoxy) is 4. The van der Waals surface area contributed by atoms with E-state index in [1.165, 1.54) is 45.3 Å². The molecule has 0 radical (unpaired) electrons. The van der Waals surface area contributed by atoms with Gasteiger partial charge >= 0.3 is 5.97 Å². The Morgan fingerprint density at radius 3 is 2.37 bits per heavy atom. The third-order valence-corrected chi connectivity index (χ3v) is 2.59. The molecular weight excluding hydrogens is 254 g/mol. The van der Waals surface area contributed by atoms with Crippen molar-refractivity contribution in [2.24, 2.45) is 0 Å². The Kier molecular flexibility index (Phi) is 5.53. The van der Waals surface area contributed by atoms with E-state index in [-0.39, 0.29) is 18.0 Å². The van der Waals surface area contributed by atoms with Crippen molar-refractivity contribution in [3.8, 4) is 5.75 Å². The van der Waals surface area contributed by atoms with Crippen LogP contribution in [-0.4, -0.2) is 45.3 Å². The monoisotopic (exact) mass is 271 g/mol. The fraction of sp³-hybridized carbons (Fsp3) is 0.500. The number of hydrogen-bond donors (Lipinski definition) is 0. The maximum atomic E-state index is 11.8. The highest BCUT2D eigenvalue weighted by atomic mass is 16.7. The Hall–Kier alpha value is -1.86. The van der Waals surface area contributed by atoms with Crippen molar-refractivity contribution < 1.29 is 23.7 Å². The molecule has 1 aromatic rings. The van der Waals surface area contributed by atoms with Crippen molar-refractivity contribution in [2.45, 2.75) is 12.8 Å². The first-order chi connectivity index (χ1) is 9.08. The van der Waals surface area contributed by atoms with Crippen LogP contribution in [0, 0.1) is 0 Å². The Balaban J connectivity index is 3.30. The van der Waals surface area contributed by atoms with Gasteiger partial charge in [0.2, 0.25) is 5.43 Å². The van der Waals surface area contributed by atoms with Crippen LogP contribution in [0.15, 0.2) is 17.1 Å². The molecule has 0 fully saturated rings. The van der Waals surface area contributed by atoms with E-state index >= 15 is 0 Å². The summed E-state index contributed by atoms with van der Waals surface area (Å²) in [6.07, 6.45) is 0.901. The minimum Gasteiger partial charge on any atom is -0.491 e. The maximum Gasteiger partial charge on any atom is 0.358 e. The molecule has 0 saturated heterocycles. The minimum atomic E-state index is -0.666. The average molecular weight is 271 g/mol. The molecule has 7 heteroatoms. The van der Waals surface area contributed by atoms with Crippen LogP contribution in [-0.2, 0) is 20.8 Å². The number of hydrogen-bond acceptors (Lipinski definition) is 6. The van der Waals surface area contributed by atoms with Crippen molar-refractivity contribution in [3.05, 3.63) is 28.2 Å². The second-order valence-electron chi connectivity index (χ2n) is 3.61. The molecule has 0 aliphatic heterocycles. The summed E-state index contributed by atoms with van der Waals surface area (Å²) in [5, 5.41) is 0. The van der Waals surface area contributed by atoms with Gasteiger partial charge in [-0.05, 0) is 0 Å². The van der Waals surface area contributed by atoms with E-state index in [0.717, 1.165) is 0 Å². The van der Waals surface area contributed by atoms with Gasteiger partial charge in [-0.2, -0.15) is 0 Å². The van der Waals surface area contributed by atoms with E-state index < -0.39 is 17.7 Å². The maximum absolute atomic E-state index is 11.8. The highest BCUT2D eigenvalue weighted by molar-refractivity contribution is 5.90. The molecule has 0 spiro atoms. The Morgan fingerprint density at radius 2 is 1.89 bits per heavy atom. The van der Waals surface area contributed by atoms with Crippen molar-refractivity contribution in [1.29, 1.82) is 0 Å². The molecule has 7 nitrogen and oxygen atoms in total. The number of carbonyl (C=O) groups is 1. The quantitative estimate of drug-likeness (QED) is 0.546. The molecule has 0 N–H and O–H groups in total. The van der Waals surface area contributed by atoms with Crippen molar-refractivity contribution in [3.63, 3.8) is 0 Å². The zero-order chi connectivity index (χ0) is 14.4. The Morgan fingerprint density at radius 1 is 1.26 bits per heavy atom. The zero-order valence-corrected chi connectivity index (χ0v) is 11.3. The van der Waals surface area contributed by atoms with Gasteiger partial charge in [0.05, 0.1) is 20.8 Å². The summed E-state index contributed by atoms with van der Waals surface area (Å²) < 4.78 is 21.2. The van der Waals surface area contributed by atoms with Gasteiger partial charge in [0.25, 0.3) is 0 Å². The Labute approximate surface area is 110 Å². The summed E-state index contributed by atoms with van der Waals surface area (Å²) in [6.45, 7) is 0.216. The molecule has 0 atom stereocenters. The lowest BCUT2D eigenvalue weighted by atomic mass is 10.3. The topological polar surface area (TPSA) is 76.0 Å². The zero-order valence-electron chi connectivity index (χ0n) is 11.3. The summed E-state index contributed by atoms with van der Waals surface area (Å²) >= 11 is 0. The SMILES string of the molecule is COC(=O)c1c(OC)c(=O)ccn1CC(OC)OC. The third kappa shape index (κ3) is 3.33. The number of carbonyl (C=O) groups excluding carboxylic acids is 1. The molecule has 0 unspecified atom stereocenters. The molecule has 0 aliphatic carbocycles. The molecule has 19 heavy (non-hydrogen) atoms. The second-order valence-corrected chi connectivity index (χ2v) is 3.61. The van der Waals surface area contributed by atoms with Gasteiger partial charge in [0, 0.05) is 26.5 Å². The molecule has 0 saturated carbocycles. The van der Waals surface area contributed by atoms with Crippen LogP contribution in [0.3, 0.4) is 0 Å². The van der Waals surface area contributed by atoms with Gasteiger partial charge in [0.1, 0.15) is 0 Å². The van der Waals surface area contributed by atoms with Crippen LogP contribution in [0.4, 0.5) is 0 Å². The van der Waals surface area contributed by atoms with Crippen molar-refractivity contribution in [2.75, 3.05) is 28.4 Å². The van der Waals surface area contributed by atoms with Crippen LogP contribution in [0.25, 0.3) is 0 Å². The molecule has 106 valence electrons. The molecule has 0 bridgehead atoms. The number of aromatic nitrogens is 1. The number of nitrogens with zero attached hydrogens (tertiary/aromatic N) is 1. The lowest BCUT2D eigenvalue weighted by Gasteiger charge is -2.19. The van der Waals surface area contributed by atoms with Crippen LogP contribution in [0.5, 0.6) is 5.75 Å². The average Bonchev–Trinajstić information content (AvgIpc) is 2.44. The number of pyridine rings is 1. The van der Waals surface area contributed by atoms with Crippen LogP contribution in [0.2, 0.25) is 0 Å². The van der Waals surface area contributed by atoms with Crippen molar-refractivity contribution in [1.82, 2.24) is 4.57 Å². The number of methoxy groups -OCH3 is 4. The second kappa shape index (κ2) is 6.91. The van der Waals surface area contributed by atoms with E-state index in [1.54, 1.807) is 0 Å². The van der Waals surface area contributed by atoms with Gasteiger partial charge in [-0.25, -0.2) is 4.79 Å². The highest BCUT2D eigenvalue weighted by Gasteiger charge is 2.21. The first-order valence-electron chi connectivity index (χ1n) is 5.50. The van der Waals surface area contributed by atoms with Crippen LogP contribution >= 0.6 is 0 Å². The largest absolute Gasteiger partial charge is 0.491 e. The smallest absolute Gasteiger partial charge is 0.358 e. The molecular formula is C12H17NO6. The minimum absolute atomic E-state index is 0.0246. The number of rotatable bonds is 6. The molecule has 0 aromatic carbocycles. The summed E-state index contributed by atoms with van der Waals surface area (Å²) in [4.78, 5) is 23.4. The van der Waals surface area contributed by atoms with Crippen molar-refractivity contribution >= 4 is 5.97 Å². The number of esters is 1. The lowest BCUT2D eigenvalue weighted by molar-refractivity contribution is -0.111.